The standard InChI is InChI=1S/C21H27N5O2/c1-16-19-13-18(14-22-20(19)25(2)24-16)23-21(27)26(11-7-8-12-28-3)15-17-9-5-4-6-10-17/h4-6,9-10,13-14H,7-8,11-12,15H2,1-3H3,(H,23,27). The number of aromatic nitrogens is 3. The number of ether oxygens (including phenoxy) is 1. The predicted molar refractivity (Wildman–Crippen MR) is 110 cm³/mol. The molecule has 0 aliphatic rings. The highest BCUT2D eigenvalue weighted by molar-refractivity contribution is 5.92. The lowest BCUT2D eigenvalue weighted by molar-refractivity contribution is 0.182. The number of urea groups is 1. The Hall–Kier alpha value is -2.93. The van der Waals surface area contributed by atoms with Crippen LogP contribution in [0.3, 0.4) is 0 Å². The van der Waals surface area contributed by atoms with Crippen LogP contribution in [0.1, 0.15) is 24.1 Å². The van der Waals surface area contributed by atoms with Crippen molar-refractivity contribution in [1.82, 2.24) is 19.7 Å². The van der Waals surface area contributed by atoms with E-state index in [1.807, 2.05) is 55.3 Å². The average Bonchev–Trinajstić information content (AvgIpc) is 2.98. The van der Waals surface area contributed by atoms with Crippen molar-refractivity contribution in [2.75, 3.05) is 25.6 Å². The van der Waals surface area contributed by atoms with Gasteiger partial charge in [0.15, 0.2) is 5.65 Å². The molecule has 0 aliphatic carbocycles. The molecule has 0 radical (unpaired) electrons. The molecule has 0 spiro atoms. The molecule has 0 saturated carbocycles. The fraction of sp³-hybridized carbons (Fsp3) is 0.381. The molecule has 28 heavy (non-hydrogen) atoms. The van der Waals surface area contributed by atoms with Crippen LogP contribution in [0.5, 0.6) is 0 Å². The van der Waals surface area contributed by atoms with Crippen LogP contribution in [-0.2, 0) is 18.3 Å². The van der Waals surface area contributed by atoms with Gasteiger partial charge in [-0.3, -0.25) is 4.68 Å². The highest BCUT2D eigenvalue weighted by Crippen LogP contribution is 2.20. The molecule has 1 aromatic carbocycles. The van der Waals surface area contributed by atoms with E-state index in [9.17, 15) is 4.79 Å². The van der Waals surface area contributed by atoms with Gasteiger partial charge in [0.1, 0.15) is 0 Å². The fourth-order valence-electron chi connectivity index (χ4n) is 3.18. The lowest BCUT2D eigenvalue weighted by atomic mass is 10.2. The molecule has 0 atom stereocenters. The molecule has 7 nitrogen and oxygen atoms in total. The number of unbranched alkanes of at least 4 members (excludes halogenated alkanes) is 1. The summed E-state index contributed by atoms with van der Waals surface area (Å²) in [5.41, 5.74) is 3.46. The molecule has 3 rings (SSSR count). The quantitative estimate of drug-likeness (QED) is 0.604. The first-order valence-corrected chi connectivity index (χ1v) is 9.46. The van der Waals surface area contributed by atoms with Gasteiger partial charge in [0.05, 0.1) is 17.6 Å². The van der Waals surface area contributed by atoms with Crippen LogP contribution < -0.4 is 5.32 Å². The number of fused-ring (bicyclic) bond motifs is 1. The fourth-order valence-corrected chi connectivity index (χ4v) is 3.18. The molecule has 7 heteroatoms. The number of amides is 2. The second-order valence-corrected chi connectivity index (χ2v) is 6.84. The summed E-state index contributed by atoms with van der Waals surface area (Å²) in [7, 11) is 3.56. The number of nitrogens with zero attached hydrogens (tertiary/aromatic N) is 4. The van der Waals surface area contributed by atoms with Crippen molar-refractivity contribution in [2.45, 2.75) is 26.3 Å². The van der Waals surface area contributed by atoms with Crippen LogP contribution in [0.25, 0.3) is 11.0 Å². The first kappa shape index (κ1) is 19.8. The van der Waals surface area contributed by atoms with E-state index in [4.69, 9.17) is 4.74 Å². The van der Waals surface area contributed by atoms with E-state index in [-0.39, 0.29) is 6.03 Å². The Balaban J connectivity index is 1.73. The summed E-state index contributed by atoms with van der Waals surface area (Å²) < 4.78 is 6.86. The van der Waals surface area contributed by atoms with Crippen molar-refractivity contribution < 1.29 is 9.53 Å². The molecule has 3 aromatic rings. The summed E-state index contributed by atoms with van der Waals surface area (Å²) in [5.74, 6) is 0. The highest BCUT2D eigenvalue weighted by Gasteiger charge is 2.15. The Bertz CT molecular complexity index is 923. The van der Waals surface area contributed by atoms with Gasteiger partial charge >= 0.3 is 6.03 Å². The van der Waals surface area contributed by atoms with Crippen molar-refractivity contribution in [3.63, 3.8) is 0 Å². The molecule has 1 N–H and O–H groups in total. The summed E-state index contributed by atoms with van der Waals surface area (Å²) in [5, 5.41) is 8.31. The zero-order chi connectivity index (χ0) is 19.9. The molecular weight excluding hydrogens is 354 g/mol. The van der Waals surface area contributed by atoms with E-state index >= 15 is 0 Å². The molecule has 0 saturated heterocycles. The summed E-state index contributed by atoms with van der Waals surface area (Å²) in [6.07, 6.45) is 3.47. The summed E-state index contributed by atoms with van der Waals surface area (Å²) in [4.78, 5) is 19.2. The maximum absolute atomic E-state index is 12.9. The number of carbonyl (C=O) groups is 1. The molecule has 0 aliphatic heterocycles. The maximum Gasteiger partial charge on any atom is 0.322 e. The number of aryl methyl sites for hydroxylation is 2. The minimum Gasteiger partial charge on any atom is -0.385 e. The van der Waals surface area contributed by atoms with Crippen LogP contribution in [0.4, 0.5) is 10.5 Å². The Morgan fingerprint density at radius 1 is 1.25 bits per heavy atom. The largest absolute Gasteiger partial charge is 0.385 e. The van der Waals surface area contributed by atoms with Crippen molar-refractivity contribution in [1.29, 1.82) is 0 Å². The number of anilines is 1. The van der Waals surface area contributed by atoms with Crippen molar-refractivity contribution >= 4 is 22.8 Å². The Labute approximate surface area is 165 Å². The van der Waals surface area contributed by atoms with Gasteiger partial charge in [-0.1, -0.05) is 30.3 Å². The number of nitrogens with one attached hydrogen (secondary N) is 1. The molecule has 2 amide bonds. The highest BCUT2D eigenvalue weighted by atomic mass is 16.5. The summed E-state index contributed by atoms with van der Waals surface area (Å²) in [6, 6.07) is 11.8. The second-order valence-electron chi connectivity index (χ2n) is 6.84. The molecule has 0 fully saturated rings. The number of hydrogen-bond acceptors (Lipinski definition) is 4. The van der Waals surface area contributed by atoms with Crippen LogP contribution in [0, 0.1) is 6.92 Å². The zero-order valence-electron chi connectivity index (χ0n) is 16.7. The number of benzene rings is 1. The molecule has 2 heterocycles. The number of rotatable bonds is 8. The number of hydrogen-bond donors (Lipinski definition) is 1. The number of pyridine rings is 1. The first-order chi connectivity index (χ1) is 13.6. The van der Waals surface area contributed by atoms with Gasteiger partial charge in [0.2, 0.25) is 0 Å². The zero-order valence-corrected chi connectivity index (χ0v) is 16.7. The van der Waals surface area contributed by atoms with Crippen molar-refractivity contribution in [3.8, 4) is 0 Å². The van der Waals surface area contributed by atoms with Crippen LogP contribution >= 0.6 is 0 Å². The number of carbonyl (C=O) groups excluding carboxylic acids is 1. The molecule has 2 aromatic heterocycles. The van der Waals surface area contributed by atoms with E-state index in [1.165, 1.54) is 0 Å². The third-order valence-electron chi connectivity index (χ3n) is 4.64. The van der Waals surface area contributed by atoms with Crippen LogP contribution in [0.15, 0.2) is 42.6 Å². The third kappa shape index (κ3) is 4.86. The first-order valence-electron chi connectivity index (χ1n) is 9.46. The average molecular weight is 381 g/mol. The van der Waals surface area contributed by atoms with Crippen molar-refractivity contribution in [3.05, 3.63) is 53.9 Å². The van der Waals surface area contributed by atoms with Gasteiger partial charge < -0.3 is 15.0 Å². The van der Waals surface area contributed by atoms with Crippen molar-refractivity contribution in [2.24, 2.45) is 7.05 Å². The Morgan fingerprint density at radius 3 is 2.79 bits per heavy atom. The summed E-state index contributed by atoms with van der Waals surface area (Å²) >= 11 is 0. The SMILES string of the molecule is COCCCCN(Cc1ccccc1)C(=O)Nc1cnc2c(c1)c(C)nn2C. The van der Waals surface area contributed by atoms with Gasteiger partial charge in [-0.05, 0) is 31.4 Å². The monoisotopic (exact) mass is 381 g/mol. The van der Waals surface area contributed by atoms with Crippen LogP contribution in [0.2, 0.25) is 0 Å². The van der Waals surface area contributed by atoms with Gasteiger partial charge in [-0.25, -0.2) is 9.78 Å². The van der Waals surface area contributed by atoms with Gasteiger partial charge in [-0.15, -0.1) is 0 Å². The lowest BCUT2D eigenvalue weighted by Gasteiger charge is -2.23. The molecular formula is C21H27N5O2. The normalized spacial score (nSPS) is 11.0. The molecule has 148 valence electrons. The second kappa shape index (κ2) is 9.32. The van der Waals surface area contributed by atoms with E-state index in [0.717, 1.165) is 35.1 Å². The Kier molecular flexibility index (Phi) is 6.60. The topological polar surface area (TPSA) is 72.3 Å². The summed E-state index contributed by atoms with van der Waals surface area (Å²) in [6.45, 7) is 3.85. The van der Waals surface area contributed by atoms with Crippen LogP contribution in [-0.4, -0.2) is 46.0 Å². The smallest absolute Gasteiger partial charge is 0.322 e. The third-order valence-corrected chi connectivity index (χ3v) is 4.64. The minimum atomic E-state index is -0.135. The van der Waals surface area contributed by atoms with E-state index < -0.39 is 0 Å². The number of methoxy groups -OCH3 is 1. The lowest BCUT2D eigenvalue weighted by Crippen LogP contribution is -2.35. The minimum absolute atomic E-state index is 0.135. The maximum atomic E-state index is 12.9. The predicted octanol–water partition coefficient (Wildman–Crippen LogP) is 3.74. The van der Waals surface area contributed by atoms with E-state index in [2.05, 4.69) is 15.4 Å². The molecule has 0 unspecified atom stereocenters. The van der Waals surface area contributed by atoms with Gasteiger partial charge in [0.25, 0.3) is 0 Å². The van der Waals surface area contributed by atoms with E-state index in [0.29, 0.717) is 25.4 Å². The Morgan fingerprint density at radius 2 is 2.04 bits per heavy atom. The molecule has 0 bridgehead atoms. The van der Waals surface area contributed by atoms with E-state index in [1.54, 1.807) is 18.0 Å². The van der Waals surface area contributed by atoms with Gasteiger partial charge in [-0.2, -0.15) is 5.10 Å². The van der Waals surface area contributed by atoms with Gasteiger partial charge in [0, 0.05) is 39.2 Å².